The Bertz CT molecular complexity index is 1260. The van der Waals surface area contributed by atoms with Gasteiger partial charge in [-0.3, -0.25) is 4.79 Å². The minimum atomic E-state index is 0.137. The van der Waals surface area contributed by atoms with Crippen LogP contribution < -0.4 is 14.4 Å². The van der Waals surface area contributed by atoms with E-state index in [1.165, 1.54) is 6.33 Å². The van der Waals surface area contributed by atoms with Crippen LogP contribution in [-0.2, 0) is 4.79 Å². The number of piperazine rings is 1. The van der Waals surface area contributed by atoms with Gasteiger partial charge in [0.1, 0.15) is 22.5 Å². The van der Waals surface area contributed by atoms with Gasteiger partial charge >= 0.3 is 0 Å². The number of ether oxygens (including phenoxy) is 2. The zero-order valence-corrected chi connectivity index (χ0v) is 19.3. The predicted molar refractivity (Wildman–Crippen MR) is 130 cm³/mol. The fourth-order valence-corrected chi connectivity index (χ4v) is 4.96. The molecule has 0 unspecified atom stereocenters. The summed E-state index contributed by atoms with van der Waals surface area (Å²) >= 11 is 1.61. The largest absolute Gasteiger partial charge is 0.497 e. The summed E-state index contributed by atoms with van der Waals surface area (Å²) < 4.78 is 12.3. The first-order valence-electron chi connectivity index (χ1n) is 10.8. The van der Waals surface area contributed by atoms with Crippen molar-refractivity contribution in [3.05, 3.63) is 60.9 Å². The molecule has 8 heteroatoms. The van der Waals surface area contributed by atoms with E-state index in [9.17, 15) is 4.79 Å². The Labute approximate surface area is 196 Å². The summed E-state index contributed by atoms with van der Waals surface area (Å²) in [5.41, 5.74) is 3.08. The van der Waals surface area contributed by atoms with E-state index in [-0.39, 0.29) is 5.91 Å². The maximum Gasteiger partial charge on any atom is 0.240 e. The molecule has 1 aliphatic rings. The number of hydrogen-bond acceptors (Lipinski definition) is 7. The molecular weight excluding hydrogens is 436 g/mol. The summed E-state index contributed by atoms with van der Waals surface area (Å²) in [6.45, 7) is 4.79. The first-order valence-corrected chi connectivity index (χ1v) is 11.6. The number of benzene rings is 2. The van der Waals surface area contributed by atoms with E-state index in [0.717, 1.165) is 64.0 Å². The molecule has 1 aliphatic heterocycles. The Morgan fingerprint density at radius 1 is 0.939 bits per heavy atom. The summed E-state index contributed by atoms with van der Waals surface area (Å²) in [5, 5.41) is 0. The van der Waals surface area contributed by atoms with Crippen LogP contribution in [0.5, 0.6) is 17.4 Å². The highest BCUT2D eigenvalue weighted by Gasteiger charge is 2.19. The molecule has 33 heavy (non-hydrogen) atoms. The summed E-state index contributed by atoms with van der Waals surface area (Å²) in [5.74, 6) is 2.24. The monoisotopic (exact) mass is 460 g/mol. The van der Waals surface area contributed by atoms with Gasteiger partial charge in [0.05, 0.1) is 12.6 Å². The highest BCUT2D eigenvalue weighted by atomic mass is 32.1. The summed E-state index contributed by atoms with van der Waals surface area (Å²) in [6, 6.07) is 18.0. The number of aromatic nitrogens is 2. The van der Waals surface area contributed by atoms with Gasteiger partial charge in [0, 0.05) is 43.7 Å². The van der Waals surface area contributed by atoms with Gasteiger partial charge < -0.3 is 19.3 Å². The van der Waals surface area contributed by atoms with Crippen LogP contribution in [0.25, 0.3) is 20.7 Å². The minimum Gasteiger partial charge on any atom is -0.497 e. The van der Waals surface area contributed by atoms with Crippen molar-refractivity contribution in [2.24, 2.45) is 0 Å². The zero-order chi connectivity index (χ0) is 22.8. The van der Waals surface area contributed by atoms with Crippen molar-refractivity contribution in [1.29, 1.82) is 0 Å². The summed E-state index contributed by atoms with van der Waals surface area (Å²) in [6.07, 6.45) is 1.53. The number of carbonyl (C=O) groups is 1. The summed E-state index contributed by atoms with van der Waals surface area (Å²) in [7, 11) is 1.66. The highest BCUT2D eigenvalue weighted by Crippen LogP contribution is 2.38. The van der Waals surface area contributed by atoms with Crippen molar-refractivity contribution in [1.82, 2.24) is 14.9 Å². The zero-order valence-electron chi connectivity index (χ0n) is 18.5. The average molecular weight is 461 g/mol. The molecule has 0 saturated carbocycles. The molecule has 0 spiro atoms. The number of carbonyl (C=O) groups excluding carboxylic acids is 1. The smallest absolute Gasteiger partial charge is 0.240 e. The van der Waals surface area contributed by atoms with Gasteiger partial charge in [-0.2, -0.15) is 0 Å². The third kappa shape index (κ3) is 4.47. The van der Waals surface area contributed by atoms with Gasteiger partial charge in [-0.15, -0.1) is 11.3 Å². The fraction of sp³-hybridized carbons (Fsp3) is 0.240. The van der Waals surface area contributed by atoms with E-state index < -0.39 is 0 Å². The number of fused-ring (bicyclic) bond motifs is 1. The van der Waals surface area contributed by atoms with Gasteiger partial charge in [0.2, 0.25) is 11.8 Å². The lowest BCUT2D eigenvalue weighted by atomic mass is 10.2. The molecule has 2 aromatic heterocycles. The molecule has 1 saturated heterocycles. The standard InChI is InChI=1S/C25H24N4O3S/c1-17(30)28-11-13-29(14-12-28)19-5-9-21(10-6-19)32-25-24-22(26-16-27-25)15-23(33-24)18-3-7-20(31-2)8-4-18/h3-10,15-16H,11-14H2,1-2H3. The Morgan fingerprint density at radius 3 is 2.30 bits per heavy atom. The number of nitrogens with zero attached hydrogens (tertiary/aromatic N) is 4. The Hall–Kier alpha value is -3.65. The number of methoxy groups -OCH3 is 1. The van der Waals surface area contributed by atoms with E-state index in [4.69, 9.17) is 9.47 Å². The van der Waals surface area contributed by atoms with Crippen molar-refractivity contribution in [3.8, 4) is 27.8 Å². The normalized spacial score (nSPS) is 13.9. The van der Waals surface area contributed by atoms with Gasteiger partial charge in [-0.1, -0.05) is 0 Å². The van der Waals surface area contributed by atoms with Crippen LogP contribution in [-0.4, -0.2) is 54.1 Å². The van der Waals surface area contributed by atoms with Crippen LogP contribution >= 0.6 is 11.3 Å². The lowest BCUT2D eigenvalue weighted by Crippen LogP contribution is -2.48. The molecule has 2 aromatic carbocycles. The first kappa shape index (κ1) is 21.2. The second kappa shape index (κ2) is 9.07. The molecule has 7 nitrogen and oxygen atoms in total. The Balaban J connectivity index is 1.33. The van der Waals surface area contributed by atoms with Gasteiger partial charge in [-0.05, 0) is 60.2 Å². The number of rotatable bonds is 5. The van der Waals surface area contributed by atoms with E-state index in [2.05, 4.69) is 20.9 Å². The van der Waals surface area contributed by atoms with Crippen molar-refractivity contribution >= 4 is 33.1 Å². The van der Waals surface area contributed by atoms with Crippen molar-refractivity contribution < 1.29 is 14.3 Å². The maximum atomic E-state index is 11.5. The molecule has 0 aliphatic carbocycles. The molecule has 1 fully saturated rings. The van der Waals surface area contributed by atoms with Crippen LogP contribution in [0.2, 0.25) is 0 Å². The number of hydrogen-bond donors (Lipinski definition) is 0. The lowest BCUT2D eigenvalue weighted by Gasteiger charge is -2.35. The summed E-state index contributed by atoms with van der Waals surface area (Å²) in [4.78, 5) is 25.6. The van der Waals surface area contributed by atoms with E-state index in [1.54, 1.807) is 25.4 Å². The van der Waals surface area contributed by atoms with Crippen LogP contribution in [0.3, 0.4) is 0 Å². The molecule has 3 heterocycles. The van der Waals surface area contributed by atoms with Crippen LogP contribution in [0.1, 0.15) is 6.92 Å². The van der Waals surface area contributed by atoms with Crippen LogP contribution in [0, 0.1) is 0 Å². The van der Waals surface area contributed by atoms with Crippen LogP contribution in [0.4, 0.5) is 5.69 Å². The topological polar surface area (TPSA) is 67.8 Å². The molecular formula is C25H24N4O3S. The number of thiophene rings is 1. The SMILES string of the molecule is COc1ccc(-c2cc3ncnc(Oc4ccc(N5CCN(C(C)=O)CC5)cc4)c3s2)cc1. The fourth-order valence-electron chi connectivity index (χ4n) is 3.92. The molecule has 4 aromatic rings. The van der Waals surface area contributed by atoms with E-state index in [0.29, 0.717) is 5.88 Å². The molecule has 0 N–H and O–H groups in total. The Kier molecular flexibility index (Phi) is 5.83. The second-order valence-electron chi connectivity index (χ2n) is 7.82. The van der Waals surface area contributed by atoms with Crippen molar-refractivity contribution in [2.45, 2.75) is 6.92 Å². The lowest BCUT2D eigenvalue weighted by molar-refractivity contribution is -0.129. The molecule has 1 amide bonds. The van der Waals surface area contributed by atoms with E-state index >= 15 is 0 Å². The third-order valence-corrected chi connectivity index (χ3v) is 6.96. The van der Waals surface area contributed by atoms with Crippen molar-refractivity contribution in [3.63, 3.8) is 0 Å². The van der Waals surface area contributed by atoms with E-state index in [1.807, 2.05) is 53.4 Å². The average Bonchev–Trinajstić information content (AvgIpc) is 3.30. The third-order valence-electron chi connectivity index (χ3n) is 5.79. The van der Waals surface area contributed by atoms with Gasteiger partial charge in [0.25, 0.3) is 0 Å². The van der Waals surface area contributed by atoms with Crippen LogP contribution in [0.15, 0.2) is 60.9 Å². The number of amides is 1. The Morgan fingerprint density at radius 2 is 1.64 bits per heavy atom. The number of anilines is 1. The van der Waals surface area contributed by atoms with Crippen molar-refractivity contribution in [2.75, 3.05) is 38.2 Å². The minimum absolute atomic E-state index is 0.137. The van der Waals surface area contributed by atoms with Gasteiger partial charge in [0.15, 0.2) is 0 Å². The predicted octanol–water partition coefficient (Wildman–Crippen LogP) is 4.83. The van der Waals surface area contributed by atoms with Gasteiger partial charge in [-0.25, -0.2) is 9.97 Å². The molecule has 0 radical (unpaired) electrons. The second-order valence-corrected chi connectivity index (χ2v) is 8.87. The molecule has 5 rings (SSSR count). The quantitative estimate of drug-likeness (QED) is 0.425. The highest BCUT2D eigenvalue weighted by molar-refractivity contribution is 7.22. The maximum absolute atomic E-state index is 11.5. The molecule has 168 valence electrons. The molecule has 0 atom stereocenters. The molecule has 0 bridgehead atoms. The first-order chi connectivity index (χ1) is 16.1.